The first-order chi connectivity index (χ1) is 9.16. The van der Waals surface area contributed by atoms with Crippen molar-refractivity contribution in [2.45, 2.75) is 93.4 Å². The van der Waals surface area contributed by atoms with Crippen LogP contribution in [-0.2, 0) is 0 Å². The van der Waals surface area contributed by atoms with Crippen molar-refractivity contribution in [3.05, 3.63) is 11.6 Å². The van der Waals surface area contributed by atoms with E-state index in [1.165, 1.54) is 44.9 Å². The molecule has 0 fully saturated rings. The molecule has 2 unspecified atom stereocenters. The highest BCUT2D eigenvalue weighted by molar-refractivity contribution is 5.22. The molecule has 0 bridgehead atoms. The monoisotopic (exact) mass is 278 g/mol. The first-order valence-corrected chi connectivity index (χ1v) is 8.88. The van der Waals surface area contributed by atoms with E-state index in [4.69, 9.17) is 0 Å². The van der Waals surface area contributed by atoms with Gasteiger partial charge in [0.2, 0.25) is 0 Å². The number of hydrogen-bond acceptors (Lipinski definition) is 0. The molecule has 0 heterocycles. The van der Waals surface area contributed by atoms with Gasteiger partial charge in [-0.3, -0.25) is 0 Å². The summed E-state index contributed by atoms with van der Waals surface area (Å²) in [5, 5.41) is 0. The molecule has 0 spiro atoms. The summed E-state index contributed by atoms with van der Waals surface area (Å²) < 4.78 is 0. The largest absolute Gasteiger partial charge is 0.0809 e. The Labute approximate surface area is 128 Å². The molecule has 0 aromatic rings. The topological polar surface area (TPSA) is 0 Å². The average molecular weight is 279 g/mol. The second-order valence-corrected chi connectivity index (χ2v) is 8.98. The Bertz CT molecular complexity index is 308. The standard InChI is InChI=1S/C20H38/c1-8-9-10-11-12-13-16-14-17(19(2,3)4)15-18(16)20(5,6)7/h15-17H,8-14H2,1-7H3. The van der Waals surface area contributed by atoms with Crippen molar-refractivity contribution >= 4 is 0 Å². The van der Waals surface area contributed by atoms with E-state index in [0.29, 0.717) is 10.8 Å². The number of hydrogen-bond donors (Lipinski definition) is 0. The SMILES string of the molecule is CCCCCCCC1CC(C(C)(C)C)C=C1C(C)(C)C. The smallest absolute Gasteiger partial charge is 0.0170 e. The summed E-state index contributed by atoms with van der Waals surface area (Å²) in [6.45, 7) is 16.7. The number of rotatable bonds is 6. The van der Waals surface area contributed by atoms with Gasteiger partial charge in [0.25, 0.3) is 0 Å². The molecule has 0 aromatic heterocycles. The Hall–Kier alpha value is -0.260. The summed E-state index contributed by atoms with van der Waals surface area (Å²) in [6, 6.07) is 0. The van der Waals surface area contributed by atoms with E-state index >= 15 is 0 Å². The van der Waals surface area contributed by atoms with E-state index in [1.54, 1.807) is 5.57 Å². The first kappa shape index (κ1) is 17.8. The van der Waals surface area contributed by atoms with E-state index in [-0.39, 0.29) is 0 Å². The Balaban J connectivity index is 2.59. The van der Waals surface area contributed by atoms with Crippen molar-refractivity contribution in [1.29, 1.82) is 0 Å². The number of unbranched alkanes of at least 4 members (excludes halogenated alkanes) is 4. The first-order valence-electron chi connectivity index (χ1n) is 8.88. The second-order valence-electron chi connectivity index (χ2n) is 8.98. The predicted octanol–water partition coefficient (Wildman–Crippen LogP) is 7.00. The van der Waals surface area contributed by atoms with Crippen molar-refractivity contribution in [2.24, 2.45) is 22.7 Å². The molecule has 20 heavy (non-hydrogen) atoms. The molecular formula is C20H38. The molecule has 1 rings (SSSR count). The lowest BCUT2D eigenvalue weighted by Crippen LogP contribution is -2.18. The van der Waals surface area contributed by atoms with E-state index in [2.05, 4.69) is 54.5 Å². The number of allylic oxidation sites excluding steroid dienone is 2. The molecule has 1 aliphatic carbocycles. The predicted molar refractivity (Wildman–Crippen MR) is 92.0 cm³/mol. The van der Waals surface area contributed by atoms with E-state index < -0.39 is 0 Å². The van der Waals surface area contributed by atoms with Crippen molar-refractivity contribution < 1.29 is 0 Å². The Morgan fingerprint density at radius 3 is 2.05 bits per heavy atom. The summed E-state index contributed by atoms with van der Waals surface area (Å²) in [5.41, 5.74) is 2.52. The summed E-state index contributed by atoms with van der Waals surface area (Å²) in [4.78, 5) is 0. The normalized spacial score (nSPS) is 24.1. The van der Waals surface area contributed by atoms with Crippen LogP contribution in [0.15, 0.2) is 11.6 Å². The molecular weight excluding hydrogens is 240 g/mol. The minimum absolute atomic E-state index is 0.355. The third-order valence-electron chi connectivity index (χ3n) is 4.99. The third kappa shape index (κ3) is 5.26. The van der Waals surface area contributed by atoms with Crippen LogP contribution in [0.2, 0.25) is 0 Å². The third-order valence-corrected chi connectivity index (χ3v) is 4.99. The lowest BCUT2D eigenvalue weighted by atomic mass is 9.77. The molecule has 0 aliphatic heterocycles. The van der Waals surface area contributed by atoms with Crippen LogP contribution in [0.5, 0.6) is 0 Å². The van der Waals surface area contributed by atoms with Crippen LogP contribution in [0.1, 0.15) is 93.4 Å². The molecule has 0 nitrogen and oxygen atoms in total. The van der Waals surface area contributed by atoms with Crippen LogP contribution < -0.4 is 0 Å². The van der Waals surface area contributed by atoms with Crippen LogP contribution in [0.3, 0.4) is 0 Å². The minimum atomic E-state index is 0.355. The zero-order chi connectivity index (χ0) is 15.4. The Kier molecular flexibility index (Phi) is 6.35. The van der Waals surface area contributed by atoms with Crippen LogP contribution in [-0.4, -0.2) is 0 Å². The molecule has 0 amide bonds. The molecule has 118 valence electrons. The van der Waals surface area contributed by atoms with Gasteiger partial charge in [0.05, 0.1) is 0 Å². The lowest BCUT2D eigenvalue weighted by Gasteiger charge is -2.28. The highest BCUT2D eigenvalue weighted by Crippen LogP contribution is 2.48. The van der Waals surface area contributed by atoms with Gasteiger partial charge < -0.3 is 0 Å². The summed E-state index contributed by atoms with van der Waals surface area (Å²) >= 11 is 0. The van der Waals surface area contributed by atoms with Crippen molar-refractivity contribution in [2.75, 3.05) is 0 Å². The van der Waals surface area contributed by atoms with E-state index in [9.17, 15) is 0 Å². The minimum Gasteiger partial charge on any atom is -0.0809 e. The van der Waals surface area contributed by atoms with Gasteiger partial charge in [0.15, 0.2) is 0 Å². The lowest BCUT2D eigenvalue weighted by molar-refractivity contribution is 0.264. The van der Waals surface area contributed by atoms with Crippen LogP contribution >= 0.6 is 0 Å². The molecule has 0 heteroatoms. The van der Waals surface area contributed by atoms with E-state index in [1.807, 2.05) is 0 Å². The average Bonchev–Trinajstić information content (AvgIpc) is 2.72. The van der Waals surface area contributed by atoms with Gasteiger partial charge in [-0.1, -0.05) is 92.2 Å². The van der Waals surface area contributed by atoms with E-state index in [0.717, 1.165) is 11.8 Å². The van der Waals surface area contributed by atoms with Gasteiger partial charge >= 0.3 is 0 Å². The van der Waals surface area contributed by atoms with Crippen molar-refractivity contribution in [3.63, 3.8) is 0 Å². The highest BCUT2D eigenvalue weighted by atomic mass is 14.4. The maximum absolute atomic E-state index is 2.64. The Morgan fingerprint density at radius 2 is 1.55 bits per heavy atom. The molecule has 1 aliphatic rings. The quantitative estimate of drug-likeness (QED) is 0.362. The second kappa shape index (κ2) is 7.14. The molecule has 0 N–H and O–H groups in total. The molecule has 0 saturated heterocycles. The van der Waals surface area contributed by atoms with Crippen molar-refractivity contribution in [1.82, 2.24) is 0 Å². The van der Waals surface area contributed by atoms with Crippen LogP contribution in [0.4, 0.5) is 0 Å². The van der Waals surface area contributed by atoms with Crippen LogP contribution in [0, 0.1) is 22.7 Å². The summed E-state index contributed by atoms with van der Waals surface area (Å²) in [5.74, 6) is 1.62. The van der Waals surface area contributed by atoms with Crippen molar-refractivity contribution in [3.8, 4) is 0 Å². The highest BCUT2D eigenvalue weighted by Gasteiger charge is 2.36. The van der Waals surface area contributed by atoms with Gasteiger partial charge in [-0.2, -0.15) is 0 Å². The van der Waals surface area contributed by atoms with Gasteiger partial charge in [0, 0.05) is 0 Å². The maximum Gasteiger partial charge on any atom is -0.0170 e. The van der Waals surface area contributed by atoms with Crippen LogP contribution in [0.25, 0.3) is 0 Å². The summed E-state index contributed by atoms with van der Waals surface area (Å²) in [6.07, 6.45) is 12.5. The van der Waals surface area contributed by atoms with Gasteiger partial charge in [-0.25, -0.2) is 0 Å². The van der Waals surface area contributed by atoms with Gasteiger partial charge in [0.1, 0.15) is 0 Å². The van der Waals surface area contributed by atoms with Gasteiger partial charge in [-0.05, 0) is 35.5 Å². The molecule has 0 saturated carbocycles. The van der Waals surface area contributed by atoms with Gasteiger partial charge in [-0.15, -0.1) is 0 Å². The zero-order valence-corrected chi connectivity index (χ0v) is 15.2. The fraction of sp³-hybridized carbons (Fsp3) is 0.900. The fourth-order valence-electron chi connectivity index (χ4n) is 3.59. The molecule has 0 aromatic carbocycles. The molecule has 0 radical (unpaired) electrons. The fourth-order valence-corrected chi connectivity index (χ4v) is 3.59. The zero-order valence-electron chi connectivity index (χ0n) is 15.2. The summed E-state index contributed by atoms with van der Waals surface area (Å²) in [7, 11) is 0. The Morgan fingerprint density at radius 1 is 0.950 bits per heavy atom. The molecule has 2 atom stereocenters. The maximum atomic E-state index is 2.64.